The van der Waals surface area contributed by atoms with E-state index in [-0.39, 0.29) is 37.7 Å². The Morgan fingerprint density at radius 3 is 2.68 bits per heavy atom. The Balaban J connectivity index is 0.00000182. The maximum absolute atomic E-state index is 10.5. The molecule has 1 fully saturated rings. The predicted molar refractivity (Wildman–Crippen MR) is 95.6 cm³/mol. The van der Waals surface area contributed by atoms with Gasteiger partial charge in [0.2, 0.25) is 0 Å². The molecule has 3 heterocycles. The third kappa shape index (κ3) is 3.41. The fourth-order valence-corrected chi connectivity index (χ4v) is 3.99. The molecule has 1 aliphatic carbocycles. The third-order valence-electron chi connectivity index (χ3n) is 4.64. The number of nitrogens with zero attached hydrogens (tertiary/aromatic N) is 5. The van der Waals surface area contributed by atoms with Crippen molar-refractivity contribution in [3.63, 3.8) is 0 Å². The van der Waals surface area contributed by atoms with E-state index in [1.807, 2.05) is 33.3 Å². The van der Waals surface area contributed by atoms with Crippen LogP contribution in [0.4, 0.5) is 0 Å². The number of aliphatic hydroxyl groups excluding tert-OH is 1. The minimum Gasteiger partial charge on any atom is -0.387 e. The number of fused-ring (bicyclic) bond motifs is 1. The van der Waals surface area contributed by atoms with E-state index < -0.39 is 6.10 Å². The Morgan fingerprint density at radius 2 is 2.04 bits per heavy atom. The van der Waals surface area contributed by atoms with Crippen LogP contribution in [0.15, 0.2) is 16.9 Å². The maximum Gasteiger partial charge on any atom is 0.181 e. The van der Waals surface area contributed by atoms with Gasteiger partial charge in [-0.25, -0.2) is 9.97 Å². The fourth-order valence-electron chi connectivity index (χ4n) is 3.23. The molecule has 134 valence electrons. The molecular weight excluding hydrogens is 410 g/mol. The summed E-state index contributed by atoms with van der Waals surface area (Å²) in [4.78, 5) is 9.37. The van der Waals surface area contributed by atoms with Gasteiger partial charge >= 0.3 is 0 Å². The van der Waals surface area contributed by atoms with Gasteiger partial charge in [0.1, 0.15) is 10.4 Å². The number of aliphatic hydroxyl groups is 1. The molecule has 1 aliphatic rings. The van der Waals surface area contributed by atoms with Crippen molar-refractivity contribution in [3.8, 4) is 11.4 Å². The van der Waals surface area contributed by atoms with E-state index in [0.29, 0.717) is 23.7 Å². The van der Waals surface area contributed by atoms with Gasteiger partial charge in [-0.3, -0.25) is 4.68 Å². The first-order valence-electron chi connectivity index (χ1n) is 8.24. The van der Waals surface area contributed by atoms with Crippen molar-refractivity contribution >= 4 is 27.0 Å². The Kier molecular flexibility index (Phi) is 5.61. The summed E-state index contributed by atoms with van der Waals surface area (Å²) in [6, 6.07) is 2.04. The quantitative estimate of drug-likeness (QED) is 0.689. The van der Waals surface area contributed by atoms with E-state index >= 15 is 0 Å². The van der Waals surface area contributed by atoms with Gasteiger partial charge in [0.25, 0.3) is 0 Å². The standard InChI is InChI=1S/C17H20BrN5O.Ar/c1-4-12(24)13-11(7-10-8-22(2)21-16(10)19-13)17-20-15(18)14(23(17)3)9-5-6-9;/h7-9,12,24H,4-6H2,1-3H3;. The largest absolute Gasteiger partial charge is 0.387 e. The summed E-state index contributed by atoms with van der Waals surface area (Å²) < 4.78 is 4.77. The van der Waals surface area contributed by atoms with Gasteiger partial charge < -0.3 is 9.67 Å². The molecule has 1 saturated carbocycles. The maximum atomic E-state index is 10.5. The SMILES string of the molecule is CCC(O)c1nc2nn(C)cc2cc1-c1nc(Br)c(C2CC2)n1C.[Ar]. The molecule has 0 spiro atoms. The van der Waals surface area contributed by atoms with Crippen molar-refractivity contribution in [2.45, 2.75) is 38.2 Å². The average Bonchev–Trinajstić information content (AvgIpc) is 3.24. The molecular formula is C17H20ArBrN5O. The van der Waals surface area contributed by atoms with Gasteiger partial charge in [-0.1, -0.05) is 6.92 Å². The van der Waals surface area contributed by atoms with Gasteiger partial charge in [0.05, 0.1) is 17.5 Å². The van der Waals surface area contributed by atoms with Crippen molar-refractivity contribution in [1.82, 2.24) is 24.3 Å². The van der Waals surface area contributed by atoms with Gasteiger partial charge in [-0.2, -0.15) is 5.10 Å². The number of hydrogen-bond donors (Lipinski definition) is 1. The van der Waals surface area contributed by atoms with Crippen LogP contribution in [0.2, 0.25) is 0 Å². The Bertz CT molecular complexity index is 931. The molecule has 0 aliphatic heterocycles. The van der Waals surface area contributed by atoms with Crippen molar-refractivity contribution in [2.24, 2.45) is 14.1 Å². The Morgan fingerprint density at radius 1 is 1.32 bits per heavy atom. The molecule has 0 amide bonds. The van der Waals surface area contributed by atoms with Gasteiger partial charge in [0.15, 0.2) is 5.65 Å². The molecule has 0 aromatic carbocycles. The normalized spacial score (nSPS) is 15.4. The summed E-state index contributed by atoms with van der Waals surface area (Å²) in [5.41, 5.74) is 3.40. The van der Waals surface area contributed by atoms with Crippen LogP contribution in [-0.2, 0) is 14.1 Å². The second-order valence-corrected chi connectivity index (χ2v) is 7.26. The molecule has 1 N–H and O–H groups in total. The zero-order chi connectivity index (χ0) is 17.0. The van der Waals surface area contributed by atoms with Crippen LogP contribution >= 0.6 is 15.9 Å². The molecule has 0 bridgehead atoms. The number of hydrogen-bond acceptors (Lipinski definition) is 4. The van der Waals surface area contributed by atoms with E-state index in [2.05, 4.69) is 30.6 Å². The van der Waals surface area contributed by atoms with Gasteiger partial charge in [-0.15, -0.1) is 0 Å². The number of aromatic nitrogens is 5. The summed E-state index contributed by atoms with van der Waals surface area (Å²) in [5, 5.41) is 15.8. The van der Waals surface area contributed by atoms with Crippen LogP contribution in [0.5, 0.6) is 0 Å². The molecule has 3 aromatic rings. The molecule has 1 unspecified atom stereocenters. The van der Waals surface area contributed by atoms with Crippen LogP contribution in [0, 0.1) is 37.7 Å². The van der Waals surface area contributed by atoms with E-state index in [0.717, 1.165) is 21.4 Å². The minimum atomic E-state index is -0.633. The fraction of sp³-hybridized carbons (Fsp3) is 0.471. The number of halogens is 1. The molecule has 1 atom stereocenters. The van der Waals surface area contributed by atoms with Crippen LogP contribution in [0.1, 0.15) is 49.6 Å². The third-order valence-corrected chi connectivity index (χ3v) is 5.22. The summed E-state index contributed by atoms with van der Waals surface area (Å²) >= 11 is 3.61. The van der Waals surface area contributed by atoms with Gasteiger partial charge in [-0.05, 0) is 41.3 Å². The van der Waals surface area contributed by atoms with Crippen LogP contribution in [0.25, 0.3) is 22.4 Å². The topological polar surface area (TPSA) is 68.8 Å². The minimum absolute atomic E-state index is 0. The van der Waals surface area contributed by atoms with Crippen LogP contribution < -0.4 is 0 Å². The van der Waals surface area contributed by atoms with Crippen LogP contribution in [-0.4, -0.2) is 29.4 Å². The molecule has 4 rings (SSSR count). The molecule has 6 nitrogen and oxygen atoms in total. The van der Waals surface area contributed by atoms with Crippen molar-refractivity contribution in [2.75, 3.05) is 0 Å². The zero-order valence-corrected chi connectivity index (χ0v) is 16.6. The van der Waals surface area contributed by atoms with E-state index in [1.165, 1.54) is 18.5 Å². The number of pyridine rings is 1. The Hall–Kier alpha value is -0.470. The molecule has 0 radical (unpaired) electrons. The second kappa shape index (κ2) is 7.27. The van der Waals surface area contributed by atoms with Crippen molar-refractivity contribution < 1.29 is 42.8 Å². The van der Waals surface area contributed by atoms with Gasteiger partial charge in [0, 0.05) is 74.9 Å². The monoisotopic (exact) mass is 429 g/mol. The molecule has 25 heavy (non-hydrogen) atoms. The van der Waals surface area contributed by atoms with E-state index in [9.17, 15) is 5.11 Å². The van der Waals surface area contributed by atoms with Crippen LogP contribution in [0.3, 0.4) is 0 Å². The van der Waals surface area contributed by atoms with E-state index in [1.54, 1.807) is 4.68 Å². The predicted octanol–water partition coefficient (Wildman–Crippen LogP) is 3.45. The summed E-state index contributed by atoms with van der Waals surface area (Å²) in [7, 11) is 3.91. The van der Waals surface area contributed by atoms with E-state index in [4.69, 9.17) is 4.98 Å². The molecule has 3 aromatic heterocycles. The Labute approximate surface area is 184 Å². The molecule has 8 heteroatoms. The first-order chi connectivity index (χ1) is 11.5. The number of rotatable bonds is 4. The zero-order valence-electron chi connectivity index (χ0n) is 14.3. The second-order valence-electron chi connectivity index (χ2n) is 6.51. The summed E-state index contributed by atoms with van der Waals surface area (Å²) in [6.45, 7) is 1.95. The number of imidazole rings is 1. The first-order valence-corrected chi connectivity index (χ1v) is 9.03. The van der Waals surface area contributed by atoms with Crippen molar-refractivity contribution in [1.29, 1.82) is 0 Å². The average molecular weight is 430 g/mol. The summed E-state index contributed by atoms with van der Waals surface area (Å²) in [5.74, 6) is 1.42. The number of aryl methyl sites for hydroxylation is 1. The van der Waals surface area contributed by atoms with Crippen molar-refractivity contribution in [3.05, 3.63) is 28.3 Å². The molecule has 0 saturated heterocycles. The smallest absolute Gasteiger partial charge is 0.181 e. The first kappa shape index (κ1) is 19.3. The summed E-state index contributed by atoms with van der Waals surface area (Å²) in [6.07, 6.45) is 4.32.